The van der Waals surface area contributed by atoms with Crippen molar-refractivity contribution in [3.8, 4) is 0 Å². The summed E-state index contributed by atoms with van der Waals surface area (Å²) in [6.07, 6.45) is -2.86. The largest absolute Gasteiger partial charge is 0.459 e. The minimum Gasteiger partial charge on any atom is -0.459 e. The first-order valence-corrected chi connectivity index (χ1v) is 6.28. The maximum Gasteiger partial charge on any atom is 0.283 e. The molecule has 1 aliphatic carbocycles. The van der Waals surface area contributed by atoms with E-state index in [9.17, 15) is 17.6 Å². The number of hydrogen-bond acceptors (Lipinski definition) is 4. The van der Waals surface area contributed by atoms with Gasteiger partial charge < -0.3 is 16.2 Å². The van der Waals surface area contributed by atoms with Crippen molar-refractivity contribution < 1.29 is 22.3 Å². The molecule has 3 rings (SSSR count). The normalized spacial score (nSPS) is 34.2. The van der Waals surface area contributed by atoms with Crippen molar-refractivity contribution in [1.82, 2.24) is 0 Å². The van der Waals surface area contributed by atoms with Crippen LogP contribution in [-0.4, -0.2) is 18.0 Å². The Morgan fingerprint density at radius 1 is 1.33 bits per heavy atom. The van der Waals surface area contributed by atoms with Crippen molar-refractivity contribution >= 4 is 11.7 Å². The molecule has 0 bridgehead atoms. The third kappa shape index (κ3) is 1.77. The Labute approximate surface area is 117 Å². The van der Waals surface area contributed by atoms with Crippen LogP contribution in [0.2, 0.25) is 0 Å². The first kappa shape index (κ1) is 14.0. The number of anilines is 1. The molecule has 1 aromatic carbocycles. The first-order valence-electron chi connectivity index (χ1n) is 6.28. The predicted octanol–water partition coefficient (Wildman–Crippen LogP) is 2.13. The highest BCUT2D eigenvalue weighted by Gasteiger charge is 2.71. The molecular weight excluding hydrogens is 290 g/mol. The van der Waals surface area contributed by atoms with Crippen LogP contribution in [-0.2, 0) is 10.3 Å². The Balaban J connectivity index is 2.27. The summed E-state index contributed by atoms with van der Waals surface area (Å²) in [5, 5.41) is 0. The molecule has 1 heterocycles. The quantitative estimate of drug-likeness (QED) is 0.649. The number of halogens is 4. The molecule has 0 spiro atoms. The lowest BCUT2D eigenvalue weighted by Gasteiger charge is -2.35. The van der Waals surface area contributed by atoms with E-state index in [2.05, 4.69) is 4.99 Å². The van der Waals surface area contributed by atoms with E-state index < -0.39 is 46.7 Å². The van der Waals surface area contributed by atoms with Crippen LogP contribution in [0.4, 0.5) is 23.2 Å². The molecule has 2 aliphatic rings. The van der Waals surface area contributed by atoms with Gasteiger partial charge in [-0.3, -0.25) is 0 Å². The van der Waals surface area contributed by atoms with E-state index in [1.807, 2.05) is 0 Å². The van der Waals surface area contributed by atoms with Crippen LogP contribution in [0.15, 0.2) is 17.1 Å². The van der Waals surface area contributed by atoms with Crippen molar-refractivity contribution in [2.75, 3.05) is 5.73 Å². The number of alkyl halides is 2. The minimum atomic E-state index is -3.08. The number of aliphatic imine (C=N–C) groups is 1. The Morgan fingerprint density at radius 3 is 2.62 bits per heavy atom. The van der Waals surface area contributed by atoms with Gasteiger partial charge in [-0.15, -0.1) is 0 Å². The summed E-state index contributed by atoms with van der Waals surface area (Å²) in [5.74, 6) is -3.49. The Morgan fingerprint density at radius 2 is 2.00 bits per heavy atom. The molecule has 0 saturated heterocycles. The molecule has 4 nitrogen and oxygen atoms in total. The standard InChI is InChI=1S/C13H13F4N3O/c1-12-4-8(12)13(10(16)17,20-11(19)21-12)6-2-5(18)3-7(14)9(6)15/h2-3,8,10H,4,18H2,1H3,(H2,19,20)/t8-,12+,13-/m0/s1. The molecule has 3 atom stereocenters. The van der Waals surface area contributed by atoms with Gasteiger partial charge in [0.05, 0.1) is 0 Å². The van der Waals surface area contributed by atoms with Crippen LogP contribution in [0.3, 0.4) is 0 Å². The first-order chi connectivity index (χ1) is 9.70. The SMILES string of the molecule is C[C@@]12C[C@@H]1[C@@](c1cc(N)cc(F)c1F)(C(F)F)N=C(N)O2. The van der Waals surface area contributed by atoms with Crippen molar-refractivity contribution in [3.05, 3.63) is 29.3 Å². The minimum absolute atomic E-state index is 0.161. The van der Waals surface area contributed by atoms with E-state index in [-0.39, 0.29) is 12.1 Å². The molecule has 21 heavy (non-hydrogen) atoms. The molecule has 1 aromatic rings. The number of amidine groups is 1. The van der Waals surface area contributed by atoms with E-state index in [1.54, 1.807) is 6.92 Å². The summed E-state index contributed by atoms with van der Waals surface area (Å²) >= 11 is 0. The van der Waals surface area contributed by atoms with Gasteiger partial charge in [0.25, 0.3) is 12.4 Å². The monoisotopic (exact) mass is 303 g/mol. The van der Waals surface area contributed by atoms with Gasteiger partial charge in [-0.2, -0.15) is 0 Å². The van der Waals surface area contributed by atoms with Crippen LogP contribution in [0.5, 0.6) is 0 Å². The van der Waals surface area contributed by atoms with Crippen molar-refractivity contribution in [1.29, 1.82) is 0 Å². The van der Waals surface area contributed by atoms with Crippen LogP contribution in [0, 0.1) is 17.6 Å². The summed E-state index contributed by atoms with van der Waals surface area (Å²) in [7, 11) is 0. The summed E-state index contributed by atoms with van der Waals surface area (Å²) in [5.41, 5.74) is 6.94. The van der Waals surface area contributed by atoms with Gasteiger partial charge >= 0.3 is 0 Å². The van der Waals surface area contributed by atoms with Gasteiger partial charge in [0.2, 0.25) is 0 Å². The fourth-order valence-electron chi connectivity index (χ4n) is 3.07. The Hall–Kier alpha value is -1.99. The van der Waals surface area contributed by atoms with Crippen molar-refractivity contribution in [3.63, 3.8) is 0 Å². The number of fused-ring (bicyclic) bond motifs is 1. The highest BCUT2D eigenvalue weighted by molar-refractivity contribution is 5.75. The number of rotatable bonds is 2. The number of nitrogen functional groups attached to an aromatic ring is 1. The maximum absolute atomic E-state index is 14.1. The lowest BCUT2D eigenvalue weighted by molar-refractivity contribution is -0.000122. The highest BCUT2D eigenvalue weighted by Crippen LogP contribution is 2.62. The number of ether oxygens (including phenoxy) is 1. The van der Waals surface area contributed by atoms with Crippen LogP contribution in [0.1, 0.15) is 18.9 Å². The fourth-order valence-corrected chi connectivity index (χ4v) is 3.07. The van der Waals surface area contributed by atoms with Gasteiger partial charge in [0.15, 0.2) is 17.2 Å². The lowest BCUT2D eigenvalue weighted by atomic mass is 9.83. The van der Waals surface area contributed by atoms with Gasteiger partial charge in [0, 0.05) is 17.2 Å². The zero-order valence-electron chi connectivity index (χ0n) is 11.0. The fraction of sp³-hybridized carbons (Fsp3) is 0.462. The molecule has 0 unspecified atom stereocenters. The van der Waals surface area contributed by atoms with Gasteiger partial charge in [-0.1, -0.05) is 0 Å². The number of benzene rings is 1. The average molecular weight is 303 g/mol. The second kappa shape index (κ2) is 4.02. The zero-order valence-corrected chi connectivity index (χ0v) is 11.0. The number of hydrogen-bond donors (Lipinski definition) is 2. The Bertz CT molecular complexity index is 651. The average Bonchev–Trinajstić information content (AvgIpc) is 3.03. The van der Waals surface area contributed by atoms with E-state index in [0.717, 1.165) is 12.1 Å². The molecule has 114 valence electrons. The van der Waals surface area contributed by atoms with Gasteiger partial charge in [-0.25, -0.2) is 22.6 Å². The smallest absolute Gasteiger partial charge is 0.283 e. The predicted molar refractivity (Wildman–Crippen MR) is 67.7 cm³/mol. The molecule has 1 fully saturated rings. The molecule has 1 aliphatic heterocycles. The van der Waals surface area contributed by atoms with Gasteiger partial charge in [-0.05, 0) is 25.5 Å². The van der Waals surface area contributed by atoms with Crippen molar-refractivity contribution in [2.45, 2.75) is 30.9 Å². The van der Waals surface area contributed by atoms with Crippen molar-refractivity contribution in [2.24, 2.45) is 16.6 Å². The van der Waals surface area contributed by atoms with Gasteiger partial charge in [0.1, 0.15) is 5.60 Å². The zero-order chi connectivity index (χ0) is 15.6. The van der Waals surface area contributed by atoms with Crippen LogP contribution in [0.25, 0.3) is 0 Å². The second-order valence-corrected chi connectivity index (χ2v) is 5.61. The van der Waals surface area contributed by atoms with Crippen LogP contribution >= 0.6 is 0 Å². The number of nitrogens with two attached hydrogens (primary N) is 2. The van der Waals surface area contributed by atoms with E-state index in [1.165, 1.54) is 0 Å². The van der Waals surface area contributed by atoms with Crippen LogP contribution < -0.4 is 11.5 Å². The number of nitrogens with zero attached hydrogens (tertiary/aromatic N) is 1. The summed E-state index contributed by atoms with van der Waals surface area (Å²) in [4.78, 5) is 3.65. The Kier molecular flexibility index (Phi) is 2.67. The lowest BCUT2D eigenvalue weighted by Crippen LogP contribution is -2.46. The molecule has 0 aromatic heterocycles. The molecule has 4 N–H and O–H groups in total. The summed E-state index contributed by atoms with van der Waals surface area (Å²) in [6.45, 7) is 1.58. The molecule has 0 amide bonds. The molecule has 8 heteroatoms. The third-order valence-corrected chi connectivity index (χ3v) is 4.17. The maximum atomic E-state index is 14.1. The molecule has 0 radical (unpaired) electrons. The van der Waals surface area contributed by atoms with E-state index in [4.69, 9.17) is 16.2 Å². The van der Waals surface area contributed by atoms with E-state index >= 15 is 0 Å². The topological polar surface area (TPSA) is 73.6 Å². The van der Waals surface area contributed by atoms with E-state index in [0.29, 0.717) is 0 Å². The second-order valence-electron chi connectivity index (χ2n) is 5.61. The highest BCUT2D eigenvalue weighted by atomic mass is 19.3. The molecular formula is C13H13F4N3O. The third-order valence-electron chi connectivity index (χ3n) is 4.17. The summed E-state index contributed by atoms with van der Waals surface area (Å²) in [6, 6.07) is 1.25. The summed E-state index contributed by atoms with van der Waals surface area (Å²) < 4.78 is 60.4. The molecule has 1 saturated carbocycles.